The summed E-state index contributed by atoms with van der Waals surface area (Å²) in [5.74, 6) is 1.20. The molecule has 2 rings (SSSR count). The Bertz CT molecular complexity index is 548. The number of imidazole rings is 1. The van der Waals surface area contributed by atoms with Crippen molar-refractivity contribution in [3.63, 3.8) is 0 Å². The van der Waals surface area contributed by atoms with Gasteiger partial charge in [0, 0.05) is 12.5 Å². The van der Waals surface area contributed by atoms with Crippen LogP contribution in [0.3, 0.4) is 0 Å². The van der Waals surface area contributed by atoms with Gasteiger partial charge in [-0.05, 0) is 44.0 Å². The molecule has 0 saturated carbocycles. The summed E-state index contributed by atoms with van der Waals surface area (Å²) in [6.45, 7) is 5.87. The molecule has 1 unspecified atom stereocenters. The molecule has 0 radical (unpaired) electrons. The molecular formula is C15H22FN3. The van der Waals surface area contributed by atoms with E-state index in [0.29, 0.717) is 12.5 Å². The van der Waals surface area contributed by atoms with Gasteiger partial charge >= 0.3 is 0 Å². The molecule has 1 heterocycles. The summed E-state index contributed by atoms with van der Waals surface area (Å²) >= 11 is 0. The molecule has 19 heavy (non-hydrogen) atoms. The van der Waals surface area contributed by atoms with E-state index >= 15 is 0 Å². The molecule has 1 aromatic heterocycles. The van der Waals surface area contributed by atoms with Crippen molar-refractivity contribution in [2.45, 2.75) is 45.6 Å². The van der Waals surface area contributed by atoms with Crippen molar-refractivity contribution >= 4 is 11.0 Å². The van der Waals surface area contributed by atoms with Crippen LogP contribution in [0, 0.1) is 5.82 Å². The minimum Gasteiger partial charge on any atom is -0.330 e. The van der Waals surface area contributed by atoms with E-state index in [2.05, 4.69) is 23.4 Å². The van der Waals surface area contributed by atoms with Crippen LogP contribution in [-0.4, -0.2) is 16.1 Å². The number of hydrogen-bond acceptors (Lipinski definition) is 2. The van der Waals surface area contributed by atoms with Gasteiger partial charge in [0.1, 0.15) is 11.6 Å². The van der Waals surface area contributed by atoms with E-state index in [1.807, 2.05) is 0 Å². The van der Waals surface area contributed by atoms with Crippen LogP contribution in [-0.2, 0) is 6.54 Å². The van der Waals surface area contributed by atoms with Crippen LogP contribution >= 0.6 is 0 Å². The number of benzene rings is 1. The molecule has 0 spiro atoms. The highest BCUT2D eigenvalue weighted by atomic mass is 19.1. The highest BCUT2D eigenvalue weighted by Crippen LogP contribution is 2.25. The van der Waals surface area contributed by atoms with Crippen molar-refractivity contribution in [3.05, 3.63) is 29.8 Å². The molecule has 4 heteroatoms. The van der Waals surface area contributed by atoms with E-state index in [-0.39, 0.29) is 5.82 Å². The second kappa shape index (κ2) is 6.15. The molecular weight excluding hydrogens is 241 g/mol. The average molecular weight is 263 g/mol. The van der Waals surface area contributed by atoms with Crippen molar-refractivity contribution in [1.29, 1.82) is 0 Å². The lowest BCUT2D eigenvalue weighted by molar-refractivity contribution is 0.559. The van der Waals surface area contributed by atoms with Gasteiger partial charge in [-0.1, -0.05) is 13.8 Å². The minimum atomic E-state index is -0.203. The third-order valence-corrected chi connectivity index (χ3v) is 3.47. The first-order chi connectivity index (χ1) is 9.17. The van der Waals surface area contributed by atoms with Gasteiger partial charge in [0.15, 0.2) is 0 Å². The molecule has 0 saturated heterocycles. The number of aromatic nitrogens is 2. The molecule has 2 aromatic rings. The van der Waals surface area contributed by atoms with Crippen molar-refractivity contribution in [2.75, 3.05) is 6.54 Å². The van der Waals surface area contributed by atoms with E-state index in [1.54, 1.807) is 12.1 Å². The molecule has 2 N–H and O–H groups in total. The smallest absolute Gasteiger partial charge is 0.125 e. The maximum Gasteiger partial charge on any atom is 0.125 e. The number of nitrogens with zero attached hydrogens (tertiary/aromatic N) is 2. The number of nitrogens with two attached hydrogens (primary N) is 1. The first kappa shape index (κ1) is 14.0. The molecule has 1 atom stereocenters. The van der Waals surface area contributed by atoms with E-state index in [9.17, 15) is 4.39 Å². The van der Waals surface area contributed by atoms with Crippen LogP contribution in [0.2, 0.25) is 0 Å². The number of aryl methyl sites for hydroxylation is 1. The maximum absolute atomic E-state index is 13.4. The first-order valence-electron chi connectivity index (χ1n) is 7.03. The van der Waals surface area contributed by atoms with Gasteiger partial charge < -0.3 is 10.3 Å². The molecule has 0 aliphatic heterocycles. The van der Waals surface area contributed by atoms with Crippen molar-refractivity contribution in [2.24, 2.45) is 5.73 Å². The molecule has 0 fully saturated rings. The van der Waals surface area contributed by atoms with Crippen LogP contribution in [0.4, 0.5) is 4.39 Å². The summed E-state index contributed by atoms with van der Waals surface area (Å²) in [5.41, 5.74) is 7.35. The standard InChI is InChI=1S/C15H22FN3/c1-3-9-19-14-10-12(16)6-7-13(14)18-15(19)11(2)5-4-8-17/h6-7,10-11H,3-5,8-9,17H2,1-2H3. The third kappa shape index (κ3) is 2.95. The summed E-state index contributed by atoms with van der Waals surface area (Å²) in [4.78, 5) is 4.68. The maximum atomic E-state index is 13.4. The average Bonchev–Trinajstić information content (AvgIpc) is 2.75. The van der Waals surface area contributed by atoms with E-state index in [1.165, 1.54) is 6.07 Å². The molecule has 1 aromatic carbocycles. The largest absolute Gasteiger partial charge is 0.330 e. The second-order valence-corrected chi connectivity index (χ2v) is 5.09. The lowest BCUT2D eigenvalue weighted by Gasteiger charge is -2.13. The van der Waals surface area contributed by atoms with Gasteiger partial charge in [-0.15, -0.1) is 0 Å². The van der Waals surface area contributed by atoms with Crippen LogP contribution in [0.15, 0.2) is 18.2 Å². The summed E-state index contributed by atoms with van der Waals surface area (Å²) in [6, 6.07) is 4.81. The Hall–Kier alpha value is -1.42. The summed E-state index contributed by atoms with van der Waals surface area (Å²) in [7, 11) is 0. The zero-order chi connectivity index (χ0) is 13.8. The molecule has 104 valence electrons. The SMILES string of the molecule is CCCn1c(C(C)CCCN)nc2ccc(F)cc21. The zero-order valence-corrected chi connectivity index (χ0v) is 11.7. The lowest BCUT2D eigenvalue weighted by atomic mass is 10.0. The van der Waals surface area contributed by atoms with Crippen molar-refractivity contribution in [1.82, 2.24) is 9.55 Å². The summed E-state index contributed by atoms with van der Waals surface area (Å²) in [5, 5.41) is 0. The number of hydrogen-bond donors (Lipinski definition) is 1. The number of rotatable bonds is 6. The second-order valence-electron chi connectivity index (χ2n) is 5.09. The Balaban J connectivity index is 2.43. The highest BCUT2D eigenvalue weighted by Gasteiger charge is 2.16. The Morgan fingerprint density at radius 2 is 2.21 bits per heavy atom. The van der Waals surface area contributed by atoms with Crippen LogP contribution < -0.4 is 5.73 Å². The highest BCUT2D eigenvalue weighted by molar-refractivity contribution is 5.76. The fourth-order valence-electron chi connectivity index (χ4n) is 2.50. The fourth-order valence-corrected chi connectivity index (χ4v) is 2.50. The van der Waals surface area contributed by atoms with Crippen molar-refractivity contribution < 1.29 is 4.39 Å². The van der Waals surface area contributed by atoms with Gasteiger partial charge in [-0.25, -0.2) is 9.37 Å². The predicted molar refractivity (Wildman–Crippen MR) is 76.7 cm³/mol. The first-order valence-corrected chi connectivity index (χ1v) is 7.03. The normalized spacial score (nSPS) is 13.1. The molecule has 0 bridgehead atoms. The lowest BCUT2D eigenvalue weighted by Crippen LogP contribution is -2.09. The van der Waals surface area contributed by atoms with Crippen molar-refractivity contribution in [3.8, 4) is 0 Å². The quantitative estimate of drug-likeness (QED) is 0.867. The van der Waals surface area contributed by atoms with E-state index < -0.39 is 0 Å². The Kier molecular flexibility index (Phi) is 4.53. The Labute approximate surface area is 113 Å². The topological polar surface area (TPSA) is 43.8 Å². The van der Waals surface area contributed by atoms with E-state index in [4.69, 9.17) is 5.73 Å². The monoisotopic (exact) mass is 263 g/mol. The molecule has 0 aliphatic carbocycles. The van der Waals surface area contributed by atoms with Crippen LogP contribution in [0.25, 0.3) is 11.0 Å². The third-order valence-electron chi connectivity index (χ3n) is 3.47. The van der Waals surface area contributed by atoms with Gasteiger partial charge in [0.2, 0.25) is 0 Å². The number of fused-ring (bicyclic) bond motifs is 1. The molecule has 3 nitrogen and oxygen atoms in total. The summed E-state index contributed by atoms with van der Waals surface area (Å²) in [6.07, 6.45) is 3.02. The molecule has 0 amide bonds. The summed E-state index contributed by atoms with van der Waals surface area (Å²) < 4.78 is 15.6. The molecule has 0 aliphatic rings. The van der Waals surface area contributed by atoms with Gasteiger partial charge in [-0.3, -0.25) is 0 Å². The van der Waals surface area contributed by atoms with Crippen LogP contribution in [0.1, 0.15) is 44.9 Å². The fraction of sp³-hybridized carbons (Fsp3) is 0.533. The Morgan fingerprint density at radius 1 is 1.42 bits per heavy atom. The van der Waals surface area contributed by atoms with Gasteiger partial charge in [-0.2, -0.15) is 0 Å². The van der Waals surface area contributed by atoms with Gasteiger partial charge in [0.25, 0.3) is 0 Å². The predicted octanol–water partition coefficient (Wildman–Crippen LogP) is 3.43. The van der Waals surface area contributed by atoms with Gasteiger partial charge in [0.05, 0.1) is 11.0 Å². The number of halogens is 1. The zero-order valence-electron chi connectivity index (χ0n) is 11.7. The van der Waals surface area contributed by atoms with E-state index in [0.717, 1.165) is 42.7 Å². The van der Waals surface area contributed by atoms with Crippen LogP contribution in [0.5, 0.6) is 0 Å². The minimum absolute atomic E-state index is 0.203. The Morgan fingerprint density at radius 3 is 2.89 bits per heavy atom.